The van der Waals surface area contributed by atoms with Gasteiger partial charge in [-0.1, -0.05) is 25.3 Å². The summed E-state index contributed by atoms with van der Waals surface area (Å²) in [4.78, 5) is 12.1. The second-order valence-corrected chi connectivity index (χ2v) is 5.42. The summed E-state index contributed by atoms with van der Waals surface area (Å²) in [5, 5.41) is 22.7. The summed E-state index contributed by atoms with van der Waals surface area (Å²) in [6.45, 7) is 1.99. The van der Waals surface area contributed by atoms with E-state index in [9.17, 15) is 15.0 Å². The summed E-state index contributed by atoms with van der Waals surface area (Å²) < 4.78 is 0. The second kappa shape index (κ2) is 5.61. The number of benzene rings is 1. The van der Waals surface area contributed by atoms with Gasteiger partial charge in [0.05, 0.1) is 5.60 Å². The molecule has 1 amide bonds. The quantitative estimate of drug-likeness (QED) is 0.782. The molecule has 1 aromatic rings. The van der Waals surface area contributed by atoms with Crippen LogP contribution >= 0.6 is 0 Å². The monoisotopic (exact) mass is 263 g/mol. The van der Waals surface area contributed by atoms with Gasteiger partial charge in [-0.25, -0.2) is 0 Å². The summed E-state index contributed by atoms with van der Waals surface area (Å²) in [5.74, 6) is -0.128. The molecule has 0 aliphatic heterocycles. The molecule has 0 radical (unpaired) electrons. The molecule has 0 unspecified atom stereocenters. The molecule has 0 spiro atoms. The van der Waals surface area contributed by atoms with Crippen molar-refractivity contribution in [3.63, 3.8) is 0 Å². The summed E-state index contributed by atoms with van der Waals surface area (Å²) in [6.07, 6.45) is 4.66. The number of rotatable bonds is 3. The standard InChI is InChI=1S/C15H21NO3/c1-11-12(6-5-7-13(11)17)14(18)16-10-15(19)8-3-2-4-9-15/h5-7,17,19H,2-4,8-10H2,1H3,(H,16,18). The summed E-state index contributed by atoms with van der Waals surface area (Å²) in [7, 11) is 0. The molecule has 4 heteroatoms. The first kappa shape index (κ1) is 13.9. The number of nitrogens with one attached hydrogen (secondary N) is 1. The molecule has 1 fully saturated rings. The number of amides is 1. The minimum atomic E-state index is -0.765. The van der Waals surface area contributed by atoms with Crippen molar-refractivity contribution in [1.29, 1.82) is 0 Å². The lowest BCUT2D eigenvalue weighted by atomic mass is 9.85. The second-order valence-electron chi connectivity index (χ2n) is 5.42. The zero-order valence-electron chi connectivity index (χ0n) is 11.3. The van der Waals surface area contributed by atoms with Crippen molar-refractivity contribution in [2.24, 2.45) is 0 Å². The van der Waals surface area contributed by atoms with E-state index in [2.05, 4.69) is 5.32 Å². The number of carbonyl (C=O) groups is 1. The van der Waals surface area contributed by atoms with Gasteiger partial charge in [-0.3, -0.25) is 4.79 Å². The van der Waals surface area contributed by atoms with Crippen LogP contribution in [0.1, 0.15) is 48.0 Å². The van der Waals surface area contributed by atoms with E-state index in [1.165, 1.54) is 0 Å². The Morgan fingerprint density at radius 1 is 1.32 bits per heavy atom. The molecule has 0 aromatic heterocycles. The Kier molecular flexibility index (Phi) is 4.10. The fraction of sp³-hybridized carbons (Fsp3) is 0.533. The molecule has 2 rings (SSSR count). The predicted molar refractivity (Wildman–Crippen MR) is 73.2 cm³/mol. The highest BCUT2D eigenvalue weighted by Crippen LogP contribution is 2.27. The Bertz CT molecular complexity index is 464. The van der Waals surface area contributed by atoms with E-state index in [0.29, 0.717) is 11.1 Å². The first-order valence-electron chi connectivity index (χ1n) is 6.81. The zero-order valence-corrected chi connectivity index (χ0v) is 11.3. The maximum Gasteiger partial charge on any atom is 0.251 e. The topological polar surface area (TPSA) is 69.6 Å². The van der Waals surface area contributed by atoms with Crippen molar-refractivity contribution in [3.05, 3.63) is 29.3 Å². The van der Waals surface area contributed by atoms with Gasteiger partial charge in [0.2, 0.25) is 0 Å². The smallest absolute Gasteiger partial charge is 0.251 e. The Morgan fingerprint density at radius 2 is 2.00 bits per heavy atom. The van der Waals surface area contributed by atoms with Crippen LogP contribution in [-0.4, -0.2) is 28.3 Å². The number of hydrogen-bond acceptors (Lipinski definition) is 3. The molecule has 19 heavy (non-hydrogen) atoms. The third-order valence-corrected chi connectivity index (χ3v) is 3.91. The summed E-state index contributed by atoms with van der Waals surface area (Å²) >= 11 is 0. The van der Waals surface area contributed by atoms with Crippen LogP contribution in [0.5, 0.6) is 5.75 Å². The van der Waals surface area contributed by atoms with Crippen molar-refractivity contribution < 1.29 is 15.0 Å². The molecule has 1 saturated carbocycles. The Labute approximate surface area is 113 Å². The van der Waals surface area contributed by atoms with Gasteiger partial charge in [-0.15, -0.1) is 0 Å². The maximum absolute atomic E-state index is 12.1. The van der Waals surface area contributed by atoms with E-state index in [1.807, 2.05) is 0 Å². The van der Waals surface area contributed by atoms with Crippen LogP contribution < -0.4 is 5.32 Å². The highest BCUT2D eigenvalue weighted by atomic mass is 16.3. The van der Waals surface area contributed by atoms with Crippen molar-refractivity contribution in [1.82, 2.24) is 5.32 Å². The molecule has 0 atom stereocenters. The predicted octanol–water partition coefficient (Wildman–Crippen LogP) is 2.13. The Balaban J connectivity index is 1.99. The highest BCUT2D eigenvalue weighted by Gasteiger charge is 2.29. The first-order chi connectivity index (χ1) is 9.02. The van der Waals surface area contributed by atoms with Crippen LogP contribution in [-0.2, 0) is 0 Å². The summed E-state index contributed by atoms with van der Waals surface area (Å²) in [6, 6.07) is 4.88. The van der Waals surface area contributed by atoms with Crippen LogP contribution in [0.2, 0.25) is 0 Å². The molecular formula is C15H21NO3. The minimum Gasteiger partial charge on any atom is -0.508 e. The zero-order chi connectivity index (χ0) is 13.9. The van der Waals surface area contributed by atoms with Gasteiger partial charge < -0.3 is 15.5 Å². The normalized spacial score (nSPS) is 18.0. The molecule has 0 heterocycles. The number of aromatic hydroxyl groups is 1. The number of hydrogen-bond donors (Lipinski definition) is 3. The molecule has 104 valence electrons. The number of phenols is 1. The van der Waals surface area contributed by atoms with Crippen LogP contribution in [0.3, 0.4) is 0 Å². The molecular weight excluding hydrogens is 242 g/mol. The van der Waals surface area contributed by atoms with E-state index >= 15 is 0 Å². The molecule has 1 aliphatic rings. The fourth-order valence-corrected chi connectivity index (χ4v) is 2.60. The van der Waals surface area contributed by atoms with Gasteiger partial charge in [-0.05, 0) is 31.9 Å². The van der Waals surface area contributed by atoms with Crippen LogP contribution in [0.4, 0.5) is 0 Å². The minimum absolute atomic E-state index is 0.115. The van der Waals surface area contributed by atoms with Crippen molar-refractivity contribution in [2.75, 3.05) is 6.54 Å². The lowest BCUT2D eigenvalue weighted by molar-refractivity contribution is 0.00525. The van der Waals surface area contributed by atoms with E-state index in [0.717, 1.165) is 32.1 Å². The molecule has 0 bridgehead atoms. The number of phenolic OH excluding ortho intramolecular Hbond substituents is 1. The third-order valence-electron chi connectivity index (χ3n) is 3.91. The maximum atomic E-state index is 12.1. The lowest BCUT2D eigenvalue weighted by Crippen LogP contribution is -2.44. The number of carbonyl (C=O) groups excluding carboxylic acids is 1. The third kappa shape index (κ3) is 3.26. The molecule has 4 nitrogen and oxygen atoms in total. The van der Waals surface area contributed by atoms with E-state index in [1.54, 1.807) is 25.1 Å². The van der Waals surface area contributed by atoms with Gasteiger partial charge in [0.25, 0.3) is 5.91 Å². The molecule has 1 aliphatic carbocycles. The van der Waals surface area contributed by atoms with Crippen molar-refractivity contribution in [2.45, 2.75) is 44.6 Å². The van der Waals surface area contributed by atoms with Gasteiger partial charge >= 0.3 is 0 Å². The lowest BCUT2D eigenvalue weighted by Gasteiger charge is -2.32. The van der Waals surface area contributed by atoms with Gasteiger partial charge in [-0.2, -0.15) is 0 Å². The number of aliphatic hydroxyl groups is 1. The average Bonchev–Trinajstić information content (AvgIpc) is 2.40. The Hall–Kier alpha value is -1.55. The van der Waals surface area contributed by atoms with Gasteiger partial charge in [0, 0.05) is 17.7 Å². The van der Waals surface area contributed by atoms with Crippen molar-refractivity contribution >= 4 is 5.91 Å². The van der Waals surface area contributed by atoms with Gasteiger partial charge in [0.15, 0.2) is 0 Å². The SMILES string of the molecule is Cc1c(O)cccc1C(=O)NCC1(O)CCCCC1. The van der Waals surface area contributed by atoms with Crippen LogP contribution in [0, 0.1) is 6.92 Å². The van der Waals surface area contributed by atoms with Crippen LogP contribution in [0.25, 0.3) is 0 Å². The Morgan fingerprint density at radius 3 is 2.68 bits per heavy atom. The fourth-order valence-electron chi connectivity index (χ4n) is 2.60. The van der Waals surface area contributed by atoms with Crippen LogP contribution in [0.15, 0.2) is 18.2 Å². The van der Waals surface area contributed by atoms with E-state index in [4.69, 9.17) is 0 Å². The highest BCUT2D eigenvalue weighted by molar-refractivity contribution is 5.96. The largest absolute Gasteiger partial charge is 0.508 e. The van der Waals surface area contributed by atoms with E-state index < -0.39 is 5.60 Å². The average molecular weight is 263 g/mol. The van der Waals surface area contributed by atoms with E-state index in [-0.39, 0.29) is 18.2 Å². The van der Waals surface area contributed by atoms with Crippen molar-refractivity contribution in [3.8, 4) is 5.75 Å². The summed E-state index contributed by atoms with van der Waals surface area (Å²) in [5.41, 5.74) is 0.258. The molecule has 3 N–H and O–H groups in total. The molecule has 0 saturated heterocycles. The molecule has 1 aromatic carbocycles. The first-order valence-corrected chi connectivity index (χ1v) is 6.81. The van der Waals surface area contributed by atoms with Gasteiger partial charge in [0.1, 0.15) is 5.75 Å².